The number of hydrogen-bond donors (Lipinski definition) is 1. The molecule has 20 heavy (non-hydrogen) atoms. The van der Waals surface area contributed by atoms with Crippen molar-refractivity contribution in [2.45, 2.75) is 63.6 Å². The van der Waals surface area contributed by atoms with Crippen molar-refractivity contribution in [2.24, 2.45) is 0 Å². The first kappa shape index (κ1) is 15.5. The molecule has 1 N–H and O–H groups in total. The Morgan fingerprint density at radius 1 is 1.15 bits per heavy atom. The molecular weight excluding hydrogens is 244 g/mol. The zero-order valence-corrected chi connectivity index (χ0v) is 13.3. The standard InChI is InChI=1S/C18H30N2/c1-4-17(14-15-8-6-5-7-9-15)20(3)18-12-10-16(19-2)11-13-18/h5-9,16-19H,4,10-14H2,1-3H3. The maximum atomic E-state index is 3.43. The monoisotopic (exact) mass is 274 g/mol. The summed E-state index contributed by atoms with van der Waals surface area (Å²) in [4.78, 5) is 2.65. The molecular formula is C18H30N2. The Bertz CT molecular complexity index is 368. The number of hydrogen-bond acceptors (Lipinski definition) is 2. The zero-order chi connectivity index (χ0) is 14.4. The summed E-state index contributed by atoms with van der Waals surface area (Å²) in [7, 11) is 4.43. The lowest BCUT2D eigenvalue weighted by atomic mass is 9.89. The van der Waals surface area contributed by atoms with Crippen molar-refractivity contribution in [3.8, 4) is 0 Å². The van der Waals surface area contributed by atoms with Crippen LogP contribution in [0.3, 0.4) is 0 Å². The average molecular weight is 274 g/mol. The molecule has 0 bridgehead atoms. The predicted octanol–water partition coefficient (Wildman–Crippen LogP) is 3.47. The van der Waals surface area contributed by atoms with Crippen molar-refractivity contribution < 1.29 is 0 Å². The molecule has 1 saturated carbocycles. The van der Waals surface area contributed by atoms with E-state index in [0.717, 1.165) is 12.1 Å². The highest BCUT2D eigenvalue weighted by Crippen LogP contribution is 2.25. The summed E-state index contributed by atoms with van der Waals surface area (Å²) >= 11 is 0. The number of rotatable bonds is 6. The van der Waals surface area contributed by atoms with Crippen LogP contribution in [0.25, 0.3) is 0 Å². The van der Waals surface area contributed by atoms with Crippen LogP contribution in [0.2, 0.25) is 0 Å². The van der Waals surface area contributed by atoms with Crippen molar-refractivity contribution in [3.63, 3.8) is 0 Å². The Morgan fingerprint density at radius 2 is 1.80 bits per heavy atom. The molecule has 0 radical (unpaired) electrons. The van der Waals surface area contributed by atoms with Gasteiger partial charge < -0.3 is 10.2 Å². The molecule has 1 aromatic carbocycles. The van der Waals surface area contributed by atoms with Crippen molar-refractivity contribution in [3.05, 3.63) is 35.9 Å². The van der Waals surface area contributed by atoms with Gasteiger partial charge in [-0.1, -0.05) is 37.3 Å². The fraction of sp³-hybridized carbons (Fsp3) is 0.667. The Hall–Kier alpha value is -0.860. The third kappa shape index (κ3) is 4.07. The highest BCUT2D eigenvalue weighted by Gasteiger charge is 2.26. The Kier molecular flexibility index (Phi) is 6.06. The smallest absolute Gasteiger partial charge is 0.0133 e. The first-order valence-electron chi connectivity index (χ1n) is 8.17. The van der Waals surface area contributed by atoms with E-state index in [-0.39, 0.29) is 0 Å². The third-order valence-electron chi connectivity index (χ3n) is 5.04. The molecule has 1 atom stereocenters. The average Bonchev–Trinajstić information content (AvgIpc) is 2.53. The van der Waals surface area contributed by atoms with Crippen LogP contribution < -0.4 is 5.32 Å². The number of benzene rings is 1. The quantitative estimate of drug-likeness (QED) is 0.854. The molecule has 2 heteroatoms. The van der Waals surface area contributed by atoms with Crippen LogP contribution in [0.15, 0.2) is 30.3 Å². The topological polar surface area (TPSA) is 15.3 Å². The van der Waals surface area contributed by atoms with Gasteiger partial charge in [0, 0.05) is 18.1 Å². The molecule has 1 aromatic rings. The molecule has 1 aliphatic carbocycles. The lowest BCUT2D eigenvalue weighted by Gasteiger charge is -2.39. The van der Waals surface area contributed by atoms with Crippen LogP contribution in [0.1, 0.15) is 44.6 Å². The first-order valence-corrected chi connectivity index (χ1v) is 8.17. The fourth-order valence-corrected chi connectivity index (χ4v) is 3.53. The van der Waals surface area contributed by atoms with E-state index in [2.05, 4.69) is 61.6 Å². The van der Waals surface area contributed by atoms with Gasteiger partial charge in [0.05, 0.1) is 0 Å². The lowest BCUT2D eigenvalue weighted by molar-refractivity contribution is 0.124. The summed E-state index contributed by atoms with van der Waals surface area (Å²) in [6, 6.07) is 13.1. The summed E-state index contributed by atoms with van der Waals surface area (Å²) < 4.78 is 0. The number of likely N-dealkylation sites (N-methyl/N-ethyl adjacent to an activating group) is 1. The summed E-state index contributed by atoms with van der Waals surface area (Å²) in [5.74, 6) is 0. The maximum absolute atomic E-state index is 3.43. The minimum absolute atomic E-state index is 0.675. The van der Waals surface area contributed by atoms with Crippen molar-refractivity contribution in [1.82, 2.24) is 10.2 Å². The van der Waals surface area contributed by atoms with Gasteiger partial charge in [-0.3, -0.25) is 0 Å². The molecule has 1 aliphatic rings. The molecule has 0 aliphatic heterocycles. The van der Waals surface area contributed by atoms with E-state index < -0.39 is 0 Å². The van der Waals surface area contributed by atoms with Crippen LogP contribution in [0.5, 0.6) is 0 Å². The maximum Gasteiger partial charge on any atom is 0.0133 e. The second-order valence-electron chi connectivity index (χ2n) is 6.21. The highest BCUT2D eigenvalue weighted by molar-refractivity contribution is 5.16. The zero-order valence-electron chi connectivity index (χ0n) is 13.3. The van der Waals surface area contributed by atoms with Crippen LogP contribution in [-0.4, -0.2) is 37.1 Å². The molecule has 0 heterocycles. The van der Waals surface area contributed by atoms with E-state index in [4.69, 9.17) is 0 Å². The number of nitrogens with zero attached hydrogens (tertiary/aromatic N) is 1. The molecule has 112 valence electrons. The van der Waals surface area contributed by atoms with Gasteiger partial charge in [-0.25, -0.2) is 0 Å². The molecule has 0 spiro atoms. The Labute approximate surface area is 124 Å². The van der Waals surface area contributed by atoms with Crippen molar-refractivity contribution in [2.75, 3.05) is 14.1 Å². The van der Waals surface area contributed by atoms with Gasteiger partial charge in [0.2, 0.25) is 0 Å². The van der Waals surface area contributed by atoms with Gasteiger partial charge in [-0.05, 0) is 58.2 Å². The Morgan fingerprint density at radius 3 is 2.35 bits per heavy atom. The Balaban J connectivity index is 1.90. The van der Waals surface area contributed by atoms with Gasteiger partial charge in [-0.2, -0.15) is 0 Å². The van der Waals surface area contributed by atoms with E-state index in [0.29, 0.717) is 6.04 Å². The summed E-state index contributed by atoms with van der Waals surface area (Å²) in [6.45, 7) is 2.32. The molecule has 0 amide bonds. The van der Waals surface area contributed by atoms with E-state index >= 15 is 0 Å². The summed E-state index contributed by atoms with van der Waals surface area (Å²) in [6.07, 6.45) is 7.75. The summed E-state index contributed by atoms with van der Waals surface area (Å²) in [5, 5.41) is 3.43. The van der Waals surface area contributed by atoms with Crippen LogP contribution in [0.4, 0.5) is 0 Å². The number of nitrogens with one attached hydrogen (secondary N) is 1. The van der Waals surface area contributed by atoms with E-state index in [1.165, 1.54) is 44.1 Å². The second-order valence-corrected chi connectivity index (χ2v) is 6.21. The molecule has 0 saturated heterocycles. The van der Waals surface area contributed by atoms with Gasteiger partial charge >= 0.3 is 0 Å². The minimum Gasteiger partial charge on any atom is -0.317 e. The molecule has 2 nitrogen and oxygen atoms in total. The molecule has 1 unspecified atom stereocenters. The molecule has 1 fully saturated rings. The minimum atomic E-state index is 0.675. The second kappa shape index (κ2) is 7.80. The van der Waals surface area contributed by atoms with Crippen LogP contribution in [-0.2, 0) is 6.42 Å². The van der Waals surface area contributed by atoms with Crippen LogP contribution in [0, 0.1) is 0 Å². The fourth-order valence-electron chi connectivity index (χ4n) is 3.53. The van der Waals surface area contributed by atoms with Crippen LogP contribution >= 0.6 is 0 Å². The normalized spacial score (nSPS) is 24.8. The van der Waals surface area contributed by atoms with E-state index in [9.17, 15) is 0 Å². The van der Waals surface area contributed by atoms with Gasteiger partial charge in [-0.15, -0.1) is 0 Å². The SMILES string of the molecule is CCC(Cc1ccccc1)N(C)C1CCC(NC)CC1. The first-order chi connectivity index (χ1) is 9.74. The van der Waals surface area contributed by atoms with Crippen molar-refractivity contribution >= 4 is 0 Å². The molecule has 2 rings (SSSR count). The van der Waals surface area contributed by atoms with E-state index in [1.54, 1.807) is 0 Å². The lowest BCUT2D eigenvalue weighted by Crippen LogP contribution is -2.45. The third-order valence-corrected chi connectivity index (χ3v) is 5.04. The highest BCUT2D eigenvalue weighted by atomic mass is 15.2. The molecule has 0 aromatic heterocycles. The summed E-state index contributed by atoms with van der Waals surface area (Å²) in [5.41, 5.74) is 1.47. The predicted molar refractivity (Wildman–Crippen MR) is 87.1 cm³/mol. The van der Waals surface area contributed by atoms with Gasteiger partial charge in [0.25, 0.3) is 0 Å². The van der Waals surface area contributed by atoms with E-state index in [1.807, 2.05) is 0 Å². The van der Waals surface area contributed by atoms with Gasteiger partial charge in [0.1, 0.15) is 0 Å². The van der Waals surface area contributed by atoms with Gasteiger partial charge in [0.15, 0.2) is 0 Å². The van der Waals surface area contributed by atoms with Crippen molar-refractivity contribution in [1.29, 1.82) is 0 Å². The largest absolute Gasteiger partial charge is 0.317 e.